The Balaban J connectivity index is 2.16. The average Bonchev–Trinajstić information content (AvgIpc) is 2.75. The number of aryl methyl sites for hydroxylation is 1. The highest BCUT2D eigenvalue weighted by atomic mass is 19.1. The summed E-state index contributed by atoms with van der Waals surface area (Å²) in [7, 11) is 0. The van der Waals surface area contributed by atoms with Crippen LogP contribution in [-0.2, 0) is 0 Å². The van der Waals surface area contributed by atoms with Gasteiger partial charge in [0.05, 0.1) is 0 Å². The van der Waals surface area contributed by atoms with E-state index in [0.717, 1.165) is 27.8 Å². The first-order chi connectivity index (χ1) is 8.63. The lowest BCUT2D eigenvalue weighted by Crippen LogP contribution is -1.84. The molecule has 1 aromatic heterocycles. The number of anilines is 1. The number of halogens is 1. The summed E-state index contributed by atoms with van der Waals surface area (Å²) in [6.45, 7) is 1.76. The molecular weight excluding hydrogens is 227 g/mol. The Morgan fingerprint density at radius 3 is 2.67 bits per heavy atom. The molecule has 3 rings (SSSR count). The van der Waals surface area contributed by atoms with Gasteiger partial charge < -0.3 is 10.7 Å². The van der Waals surface area contributed by atoms with Crippen LogP contribution in [0.1, 0.15) is 5.56 Å². The second kappa shape index (κ2) is 3.88. The van der Waals surface area contributed by atoms with E-state index >= 15 is 0 Å². The molecule has 3 aromatic rings. The number of nitrogen functional groups attached to an aromatic ring is 1. The third kappa shape index (κ3) is 1.74. The van der Waals surface area contributed by atoms with E-state index in [9.17, 15) is 4.39 Å². The summed E-state index contributed by atoms with van der Waals surface area (Å²) in [6, 6.07) is 12.9. The number of hydrogen-bond donors (Lipinski definition) is 2. The summed E-state index contributed by atoms with van der Waals surface area (Å²) in [5, 5.41) is 1.06. The van der Waals surface area contributed by atoms with Crippen molar-refractivity contribution < 1.29 is 4.39 Å². The third-order valence-corrected chi connectivity index (χ3v) is 3.11. The van der Waals surface area contributed by atoms with Gasteiger partial charge >= 0.3 is 0 Å². The minimum atomic E-state index is -0.181. The molecule has 0 saturated carbocycles. The summed E-state index contributed by atoms with van der Waals surface area (Å²) in [6.07, 6.45) is 0. The quantitative estimate of drug-likeness (QED) is 0.623. The summed E-state index contributed by atoms with van der Waals surface area (Å²) in [5.74, 6) is -0.181. The molecule has 0 aliphatic heterocycles. The van der Waals surface area contributed by atoms with Gasteiger partial charge in [0.1, 0.15) is 5.82 Å². The minimum absolute atomic E-state index is 0.181. The van der Waals surface area contributed by atoms with Crippen molar-refractivity contribution in [2.75, 3.05) is 5.73 Å². The molecule has 0 fully saturated rings. The Kier molecular flexibility index (Phi) is 2.33. The van der Waals surface area contributed by atoms with Crippen LogP contribution in [0.4, 0.5) is 10.1 Å². The van der Waals surface area contributed by atoms with Crippen LogP contribution in [0.15, 0.2) is 42.5 Å². The van der Waals surface area contributed by atoms with Gasteiger partial charge in [-0.3, -0.25) is 0 Å². The molecule has 1 heterocycles. The predicted octanol–water partition coefficient (Wildman–Crippen LogP) is 3.86. The fraction of sp³-hybridized carbons (Fsp3) is 0.0667. The van der Waals surface area contributed by atoms with Crippen LogP contribution in [-0.4, -0.2) is 4.98 Å². The van der Waals surface area contributed by atoms with Crippen LogP contribution >= 0.6 is 0 Å². The van der Waals surface area contributed by atoms with Gasteiger partial charge in [-0.1, -0.05) is 0 Å². The fourth-order valence-electron chi connectivity index (χ4n) is 2.12. The van der Waals surface area contributed by atoms with Gasteiger partial charge in [0.25, 0.3) is 0 Å². The standard InChI is InChI=1S/C15H13FN2/c1-9-6-10(2-4-13(9)16)15-8-11-7-12(17)3-5-14(11)18-15/h2-8,18H,17H2,1H3. The van der Waals surface area contributed by atoms with Gasteiger partial charge in [0, 0.05) is 22.3 Å². The van der Waals surface area contributed by atoms with E-state index in [2.05, 4.69) is 4.98 Å². The molecule has 0 radical (unpaired) electrons. The fourth-order valence-corrected chi connectivity index (χ4v) is 2.12. The monoisotopic (exact) mass is 240 g/mol. The molecule has 0 aliphatic carbocycles. The smallest absolute Gasteiger partial charge is 0.126 e. The van der Waals surface area contributed by atoms with Gasteiger partial charge in [-0.05, 0) is 60.5 Å². The zero-order valence-electron chi connectivity index (χ0n) is 10.00. The van der Waals surface area contributed by atoms with Gasteiger partial charge in [-0.25, -0.2) is 4.39 Å². The topological polar surface area (TPSA) is 41.8 Å². The Morgan fingerprint density at radius 1 is 1.06 bits per heavy atom. The lowest BCUT2D eigenvalue weighted by Gasteiger charge is -2.00. The van der Waals surface area contributed by atoms with Crippen molar-refractivity contribution >= 4 is 16.6 Å². The van der Waals surface area contributed by atoms with Crippen molar-refractivity contribution in [2.24, 2.45) is 0 Å². The molecule has 2 aromatic carbocycles. The molecule has 18 heavy (non-hydrogen) atoms. The summed E-state index contributed by atoms with van der Waals surface area (Å²) in [4.78, 5) is 3.31. The highest BCUT2D eigenvalue weighted by Crippen LogP contribution is 2.26. The van der Waals surface area contributed by atoms with Gasteiger partial charge in [0.2, 0.25) is 0 Å². The van der Waals surface area contributed by atoms with Crippen LogP contribution in [0.25, 0.3) is 22.2 Å². The van der Waals surface area contributed by atoms with Crippen molar-refractivity contribution in [3.63, 3.8) is 0 Å². The molecule has 0 saturated heterocycles. The maximum Gasteiger partial charge on any atom is 0.126 e. The maximum absolute atomic E-state index is 13.2. The van der Waals surface area contributed by atoms with E-state index in [1.165, 1.54) is 6.07 Å². The van der Waals surface area contributed by atoms with Crippen LogP contribution < -0.4 is 5.73 Å². The van der Waals surface area contributed by atoms with Gasteiger partial charge in [-0.2, -0.15) is 0 Å². The molecule has 0 unspecified atom stereocenters. The average molecular weight is 240 g/mol. The third-order valence-electron chi connectivity index (χ3n) is 3.11. The lowest BCUT2D eigenvalue weighted by atomic mass is 10.1. The minimum Gasteiger partial charge on any atom is -0.399 e. The Hall–Kier alpha value is -2.29. The normalized spacial score (nSPS) is 11.0. The van der Waals surface area contributed by atoms with E-state index < -0.39 is 0 Å². The largest absolute Gasteiger partial charge is 0.399 e. The SMILES string of the molecule is Cc1cc(-c2cc3cc(N)ccc3[nH]2)ccc1F. The number of rotatable bonds is 1. The van der Waals surface area contributed by atoms with Crippen LogP contribution in [0.5, 0.6) is 0 Å². The Labute approximate surface area is 104 Å². The molecule has 0 spiro atoms. The van der Waals surface area contributed by atoms with Crippen molar-refractivity contribution in [1.82, 2.24) is 4.98 Å². The number of nitrogens with one attached hydrogen (secondary N) is 1. The molecule has 90 valence electrons. The first-order valence-electron chi connectivity index (χ1n) is 5.78. The van der Waals surface area contributed by atoms with E-state index in [1.54, 1.807) is 13.0 Å². The number of hydrogen-bond acceptors (Lipinski definition) is 1. The molecule has 0 aliphatic rings. The number of benzene rings is 2. The van der Waals surface area contributed by atoms with Crippen molar-refractivity contribution in [3.05, 3.63) is 53.8 Å². The zero-order valence-corrected chi connectivity index (χ0v) is 10.00. The molecule has 0 atom stereocenters. The van der Waals surface area contributed by atoms with Crippen LogP contribution in [0.2, 0.25) is 0 Å². The van der Waals surface area contributed by atoms with E-state index in [0.29, 0.717) is 5.56 Å². The summed E-state index contributed by atoms with van der Waals surface area (Å²) >= 11 is 0. The van der Waals surface area contributed by atoms with Crippen molar-refractivity contribution in [1.29, 1.82) is 0 Å². The number of H-pyrrole nitrogens is 1. The van der Waals surface area contributed by atoms with Gasteiger partial charge in [0.15, 0.2) is 0 Å². The van der Waals surface area contributed by atoms with E-state index in [1.807, 2.05) is 30.3 Å². The molecule has 2 nitrogen and oxygen atoms in total. The molecule has 3 N–H and O–H groups in total. The molecular formula is C15H13FN2. The molecule has 3 heteroatoms. The van der Waals surface area contributed by atoms with Crippen molar-refractivity contribution in [3.8, 4) is 11.3 Å². The highest BCUT2D eigenvalue weighted by molar-refractivity contribution is 5.88. The van der Waals surface area contributed by atoms with Crippen LogP contribution in [0, 0.1) is 12.7 Å². The summed E-state index contributed by atoms with van der Waals surface area (Å²) < 4.78 is 13.2. The number of aromatic nitrogens is 1. The van der Waals surface area contributed by atoms with Crippen molar-refractivity contribution in [2.45, 2.75) is 6.92 Å². The van der Waals surface area contributed by atoms with Gasteiger partial charge in [-0.15, -0.1) is 0 Å². The maximum atomic E-state index is 13.2. The Bertz CT molecular complexity index is 728. The number of nitrogens with two attached hydrogens (primary N) is 1. The second-order valence-electron chi connectivity index (χ2n) is 4.49. The predicted molar refractivity (Wildman–Crippen MR) is 72.8 cm³/mol. The van der Waals surface area contributed by atoms with Crippen LogP contribution in [0.3, 0.4) is 0 Å². The zero-order chi connectivity index (χ0) is 12.7. The first-order valence-corrected chi connectivity index (χ1v) is 5.78. The second-order valence-corrected chi connectivity index (χ2v) is 4.49. The van der Waals surface area contributed by atoms with E-state index in [4.69, 9.17) is 5.73 Å². The highest BCUT2D eigenvalue weighted by Gasteiger charge is 2.05. The summed E-state index contributed by atoms with van der Waals surface area (Å²) in [5.41, 5.74) is 10.1. The number of fused-ring (bicyclic) bond motifs is 1. The Morgan fingerprint density at radius 2 is 1.89 bits per heavy atom. The number of aromatic amines is 1. The molecule has 0 amide bonds. The lowest BCUT2D eigenvalue weighted by molar-refractivity contribution is 0.619. The van der Waals surface area contributed by atoms with E-state index in [-0.39, 0.29) is 5.82 Å². The molecule has 0 bridgehead atoms. The first kappa shape index (κ1) is 10.8.